The third-order valence-electron chi connectivity index (χ3n) is 1.95. The molecular weight excluding hydrogens is 187 g/mol. The minimum Gasteiger partial charge on any atom is -0.394 e. The van der Waals surface area contributed by atoms with Crippen LogP contribution < -0.4 is 0 Å². The van der Waals surface area contributed by atoms with Crippen LogP contribution >= 0.6 is 0 Å². The lowest BCUT2D eigenvalue weighted by molar-refractivity contribution is -0.357. The second-order valence-electron chi connectivity index (χ2n) is 2.86. The number of alkyl halides is 1. The van der Waals surface area contributed by atoms with E-state index in [9.17, 15) is 4.39 Å². The summed E-state index contributed by atoms with van der Waals surface area (Å²) in [7, 11) is 0. The summed E-state index contributed by atoms with van der Waals surface area (Å²) in [6.45, 7) is -0.781. The number of rotatable bonds is 1. The van der Waals surface area contributed by atoms with Gasteiger partial charge in [0.2, 0.25) is 0 Å². The fraction of sp³-hybridized carbons (Fsp3) is 1.00. The van der Waals surface area contributed by atoms with Gasteiger partial charge in [-0.15, -0.1) is 0 Å². The van der Waals surface area contributed by atoms with Gasteiger partial charge in [-0.25, -0.2) is 4.39 Å². The molecule has 1 heterocycles. The van der Waals surface area contributed by atoms with Gasteiger partial charge in [-0.05, 0) is 0 Å². The van der Waals surface area contributed by atoms with Crippen molar-refractivity contribution in [2.45, 2.75) is 30.5 Å². The molecule has 1 aliphatic rings. The SMILES string of the molecule is OC[C@H]1O[C@H](O)[C@H](O)[C@](O)(F)[C@H]1O. The molecule has 0 aliphatic carbocycles. The Labute approximate surface area is 72.8 Å². The normalized spacial score (nSPS) is 52.2. The van der Waals surface area contributed by atoms with E-state index < -0.39 is 37.1 Å². The fourth-order valence-electron chi connectivity index (χ4n) is 1.11. The van der Waals surface area contributed by atoms with Crippen molar-refractivity contribution < 1.29 is 34.7 Å². The largest absolute Gasteiger partial charge is 0.394 e. The molecule has 0 amide bonds. The van der Waals surface area contributed by atoms with Gasteiger partial charge in [-0.3, -0.25) is 0 Å². The molecule has 1 aliphatic heterocycles. The molecule has 0 spiro atoms. The Morgan fingerprint density at radius 1 is 1.23 bits per heavy atom. The molecule has 0 bridgehead atoms. The zero-order valence-corrected chi connectivity index (χ0v) is 6.54. The summed E-state index contributed by atoms with van der Waals surface area (Å²) in [4.78, 5) is 0. The molecule has 0 aromatic heterocycles. The maximum absolute atomic E-state index is 13.1. The molecule has 0 aromatic carbocycles. The van der Waals surface area contributed by atoms with Gasteiger partial charge in [0.15, 0.2) is 12.4 Å². The predicted molar refractivity (Wildman–Crippen MR) is 36.0 cm³/mol. The molecule has 0 aromatic rings. The lowest BCUT2D eigenvalue weighted by Gasteiger charge is -2.41. The van der Waals surface area contributed by atoms with Crippen molar-refractivity contribution in [3.63, 3.8) is 0 Å². The summed E-state index contributed by atoms with van der Waals surface area (Å²) in [6.07, 6.45) is -7.80. The monoisotopic (exact) mass is 198 g/mol. The highest BCUT2D eigenvalue weighted by atomic mass is 19.2. The molecule has 1 rings (SSSR count). The molecule has 5 atom stereocenters. The first-order valence-corrected chi connectivity index (χ1v) is 3.63. The number of aliphatic hydroxyl groups excluding tert-OH is 4. The summed E-state index contributed by atoms with van der Waals surface area (Å²) in [5.41, 5.74) is 0. The van der Waals surface area contributed by atoms with E-state index in [0.29, 0.717) is 0 Å². The second-order valence-corrected chi connectivity index (χ2v) is 2.86. The molecule has 0 unspecified atom stereocenters. The lowest BCUT2D eigenvalue weighted by Crippen LogP contribution is -2.64. The van der Waals surface area contributed by atoms with Crippen LogP contribution in [0.4, 0.5) is 4.39 Å². The van der Waals surface area contributed by atoms with Crippen molar-refractivity contribution in [2.75, 3.05) is 6.61 Å². The van der Waals surface area contributed by atoms with E-state index in [1.54, 1.807) is 0 Å². The van der Waals surface area contributed by atoms with Crippen LogP contribution in [-0.4, -0.2) is 62.6 Å². The summed E-state index contributed by atoms with van der Waals surface area (Å²) >= 11 is 0. The highest BCUT2D eigenvalue weighted by Gasteiger charge is 2.55. The second kappa shape index (κ2) is 3.45. The van der Waals surface area contributed by atoms with E-state index in [4.69, 9.17) is 25.5 Å². The van der Waals surface area contributed by atoms with Gasteiger partial charge in [-0.1, -0.05) is 0 Å². The summed E-state index contributed by atoms with van der Waals surface area (Å²) in [6, 6.07) is 0. The van der Waals surface area contributed by atoms with Crippen molar-refractivity contribution in [1.82, 2.24) is 0 Å². The zero-order valence-electron chi connectivity index (χ0n) is 6.54. The first kappa shape index (κ1) is 10.8. The Hall–Kier alpha value is -0.310. The van der Waals surface area contributed by atoms with Crippen LogP contribution in [0.5, 0.6) is 0 Å². The van der Waals surface area contributed by atoms with Gasteiger partial charge in [0.05, 0.1) is 6.61 Å². The van der Waals surface area contributed by atoms with Crippen LogP contribution in [0.1, 0.15) is 0 Å². The smallest absolute Gasteiger partial charge is 0.266 e. The Morgan fingerprint density at radius 3 is 2.23 bits per heavy atom. The molecule has 1 fully saturated rings. The van der Waals surface area contributed by atoms with Crippen LogP contribution in [0.2, 0.25) is 0 Å². The number of hydrogen-bond acceptors (Lipinski definition) is 6. The molecule has 13 heavy (non-hydrogen) atoms. The number of aliphatic hydroxyl groups is 5. The minimum atomic E-state index is -3.38. The lowest BCUT2D eigenvalue weighted by atomic mass is 9.97. The molecule has 0 radical (unpaired) electrons. The molecule has 78 valence electrons. The van der Waals surface area contributed by atoms with Crippen LogP contribution in [0, 0.1) is 0 Å². The molecule has 0 saturated carbocycles. The van der Waals surface area contributed by atoms with Gasteiger partial charge in [0.25, 0.3) is 5.85 Å². The maximum atomic E-state index is 13.1. The van der Waals surface area contributed by atoms with E-state index in [1.165, 1.54) is 0 Å². The van der Waals surface area contributed by atoms with Gasteiger partial charge in [0, 0.05) is 0 Å². The Balaban J connectivity index is 2.82. The molecule has 1 saturated heterocycles. The fourth-order valence-corrected chi connectivity index (χ4v) is 1.11. The quantitative estimate of drug-likeness (QED) is 0.308. The summed E-state index contributed by atoms with van der Waals surface area (Å²) < 4.78 is 17.5. The van der Waals surface area contributed by atoms with Crippen molar-refractivity contribution in [3.05, 3.63) is 0 Å². The third-order valence-corrected chi connectivity index (χ3v) is 1.95. The van der Waals surface area contributed by atoms with E-state index >= 15 is 0 Å². The average molecular weight is 198 g/mol. The highest BCUT2D eigenvalue weighted by molar-refractivity contribution is 4.94. The zero-order chi connectivity index (χ0) is 10.2. The molecule has 5 N–H and O–H groups in total. The number of halogens is 1. The van der Waals surface area contributed by atoms with Gasteiger partial charge in [0.1, 0.15) is 12.2 Å². The summed E-state index contributed by atoms with van der Waals surface area (Å²) in [5.74, 6) is -3.38. The first-order chi connectivity index (χ1) is 5.91. The molecule has 7 heteroatoms. The highest BCUT2D eigenvalue weighted by Crippen LogP contribution is 2.29. The van der Waals surface area contributed by atoms with Gasteiger partial charge < -0.3 is 30.3 Å². The van der Waals surface area contributed by atoms with Crippen molar-refractivity contribution in [2.24, 2.45) is 0 Å². The number of ether oxygens (including phenoxy) is 1. The van der Waals surface area contributed by atoms with E-state index in [2.05, 4.69) is 4.74 Å². The van der Waals surface area contributed by atoms with E-state index in [1.807, 2.05) is 0 Å². The van der Waals surface area contributed by atoms with Gasteiger partial charge >= 0.3 is 0 Å². The molecular formula is C6H11FO6. The van der Waals surface area contributed by atoms with Crippen LogP contribution in [0.3, 0.4) is 0 Å². The summed E-state index contributed by atoms with van der Waals surface area (Å²) in [5, 5.41) is 44.1. The Bertz CT molecular complexity index is 186. The van der Waals surface area contributed by atoms with Gasteiger partial charge in [-0.2, -0.15) is 0 Å². The van der Waals surface area contributed by atoms with Crippen LogP contribution in [-0.2, 0) is 4.74 Å². The number of hydrogen-bond donors (Lipinski definition) is 5. The van der Waals surface area contributed by atoms with Crippen LogP contribution in [0.25, 0.3) is 0 Å². The first-order valence-electron chi connectivity index (χ1n) is 3.63. The van der Waals surface area contributed by atoms with Crippen molar-refractivity contribution in [1.29, 1.82) is 0 Å². The predicted octanol–water partition coefficient (Wildman–Crippen LogP) is -2.92. The average Bonchev–Trinajstić information content (AvgIpc) is 2.09. The molecule has 6 nitrogen and oxygen atoms in total. The Morgan fingerprint density at radius 2 is 1.77 bits per heavy atom. The van der Waals surface area contributed by atoms with E-state index in [0.717, 1.165) is 0 Å². The van der Waals surface area contributed by atoms with Crippen molar-refractivity contribution >= 4 is 0 Å². The third kappa shape index (κ3) is 1.66. The standard InChI is InChI=1S/C6H11FO6/c7-6(12)3(9)2(1-8)13-5(11)4(6)10/h2-5,8-12H,1H2/t2-,3+,4+,5+,6+/m1/s1. The van der Waals surface area contributed by atoms with E-state index in [-0.39, 0.29) is 0 Å². The minimum absolute atomic E-state index is 0.781. The topological polar surface area (TPSA) is 110 Å². The maximum Gasteiger partial charge on any atom is 0.266 e. The van der Waals surface area contributed by atoms with Crippen molar-refractivity contribution in [3.8, 4) is 0 Å². The van der Waals surface area contributed by atoms with Crippen LogP contribution in [0.15, 0.2) is 0 Å². The Kier molecular flexibility index (Phi) is 2.85.